The highest BCUT2D eigenvalue weighted by Gasteiger charge is 2.24. The van der Waals surface area contributed by atoms with E-state index in [4.69, 9.17) is 11.6 Å². The molecule has 1 aliphatic carbocycles. The topological polar surface area (TPSA) is 58.2 Å². The minimum atomic E-state index is -3.55. The summed E-state index contributed by atoms with van der Waals surface area (Å²) in [7, 11) is -3.55. The first-order valence-electron chi connectivity index (χ1n) is 7.42. The van der Waals surface area contributed by atoms with Crippen LogP contribution in [0.15, 0.2) is 23.1 Å². The molecule has 1 aliphatic rings. The Morgan fingerprint density at radius 2 is 1.95 bits per heavy atom. The van der Waals surface area contributed by atoms with Gasteiger partial charge in [0.05, 0.1) is 5.02 Å². The van der Waals surface area contributed by atoms with Crippen LogP contribution >= 0.6 is 11.6 Å². The van der Waals surface area contributed by atoms with Crippen LogP contribution in [0.3, 0.4) is 0 Å². The third-order valence-corrected chi connectivity index (χ3v) is 5.68. The largest absolute Gasteiger partial charge is 0.310 e. The highest BCUT2D eigenvalue weighted by atomic mass is 35.5. The summed E-state index contributed by atoms with van der Waals surface area (Å²) in [6.45, 7) is 4.73. The van der Waals surface area contributed by atoms with Crippen molar-refractivity contribution in [3.05, 3.63) is 28.8 Å². The molecule has 2 rings (SSSR count). The lowest BCUT2D eigenvalue weighted by Gasteiger charge is -2.15. The van der Waals surface area contributed by atoms with Gasteiger partial charge in [0, 0.05) is 18.6 Å². The maximum atomic E-state index is 12.5. The van der Waals surface area contributed by atoms with E-state index in [2.05, 4.69) is 23.9 Å². The Hall–Kier alpha value is -0.620. The molecule has 0 radical (unpaired) electrons. The monoisotopic (exact) mass is 330 g/mol. The molecule has 21 heavy (non-hydrogen) atoms. The molecule has 0 bridgehead atoms. The van der Waals surface area contributed by atoms with E-state index in [1.807, 2.05) is 6.07 Å². The number of hydrogen-bond acceptors (Lipinski definition) is 3. The quantitative estimate of drug-likeness (QED) is 0.842. The third kappa shape index (κ3) is 4.68. The summed E-state index contributed by atoms with van der Waals surface area (Å²) >= 11 is 6.09. The Balaban J connectivity index is 2.18. The Kier molecular flexibility index (Phi) is 5.66. The minimum Gasteiger partial charge on any atom is -0.310 e. The molecule has 2 N–H and O–H groups in total. The van der Waals surface area contributed by atoms with Crippen LogP contribution in [0.4, 0.5) is 0 Å². The van der Waals surface area contributed by atoms with Gasteiger partial charge in [0.25, 0.3) is 0 Å². The van der Waals surface area contributed by atoms with E-state index in [1.54, 1.807) is 12.1 Å². The van der Waals surface area contributed by atoms with E-state index in [0.717, 1.165) is 31.2 Å². The molecular formula is C15H23ClN2O2S. The van der Waals surface area contributed by atoms with Crippen LogP contribution in [0.1, 0.15) is 45.1 Å². The Bertz CT molecular complexity index is 581. The van der Waals surface area contributed by atoms with E-state index in [9.17, 15) is 8.42 Å². The van der Waals surface area contributed by atoms with Gasteiger partial charge < -0.3 is 5.32 Å². The smallest absolute Gasteiger partial charge is 0.242 e. The molecule has 0 atom stereocenters. The summed E-state index contributed by atoms with van der Waals surface area (Å²) in [5.74, 6) is 0. The molecule has 1 saturated carbocycles. The van der Waals surface area contributed by atoms with Crippen molar-refractivity contribution < 1.29 is 8.42 Å². The van der Waals surface area contributed by atoms with Crippen LogP contribution in [0.5, 0.6) is 0 Å². The van der Waals surface area contributed by atoms with Gasteiger partial charge in [-0.3, -0.25) is 0 Å². The molecule has 0 aromatic heterocycles. The number of sulfonamides is 1. The van der Waals surface area contributed by atoms with E-state index >= 15 is 0 Å². The molecule has 1 fully saturated rings. The number of nitrogens with one attached hydrogen (secondary N) is 2. The third-order valence-electron chi connectivity index (χ3n) is 3.68. The van der Waals surface area contributed by atoms with Gasteiger partial charge in [-0.25, -0.2) is 13.1 Å². The number of halogens is 1. The molecule has 0 aliphatic heterocycles. The van der Waals surface area contributed by atoms with E-state index < -0.39 is 10.0 Å². The van der Waals surface area contributed by atoms with Crippen molar-refractivity contribution in [2.24, 2.45) is 0 Å². The van der Waals surface area contributed by atoms with Crippen LogP contribution in [-0.2, 0) is 16.6 Å². The zero-order valence-electron chi connectivity index (χ0n) is 12.5. The molecule has 4 nitrogen and oxygen atoms in total. The highest BCUT2D eigenvalue weighted by Crippen LogP contribution is 2.25. The van der Waals surface area contributed by atoms with Gasteiger partial charge in [0.2, 0.25) is 10.0 Å². The maximum absolute atomic E-state index is 12.5. The van der Waals surface area contributed by atoms with E-state index in [-0.39, 0.29) is 16.0 Å². The fraction of sp³-hybridized carbons (Fsp3) is 0.600. The maximum Gasteiger partial charge on any atom is 0.242 e. The van der Waals surface area contributed by atoms with Crippen LogP contribution < -0.4 is 10.0 Å². The van der Waals surface area contributed by atoms with Crippen molar-refractivity contribution in [3.8, 4) is 0 Å². The lowest BCUT2D eigenvalue weighted by Crippen LogP contribution is -2.33. The fourth-order valence-electron chi connectivity index (χ4n) is 2.51. The van der Waals surface area contributed by atoms with Crippen molar-refractivity contribution in [3.63, 3.8) is 0 Å². The standard InChI is InChI=1S/C15H23ClN2O2S/c1-11(2)17-10-12-7-8-14(16)15(9-12)21(19,20)18-13-5-3-4-6-13/h7-9,11,13,17-18H,3-6,10H2,1-2H3. The average Bonchev–Trinajstić information content (AvgIpc) is 2.89. The van der Waals surface area contributed by atoms with Gasteiger partial charge >= 0.3 is 0 Å². The Labute approximate surface area is 132 Å². The predicted molar refractivity (Wildman–Crippen MR) is 86.0 cm³/mol. The molecule has 0 spiro atoms. The first kappa shape index (κ1) is 16.7. The summed E-state index contributed by atoms with van der Waals surface area (Å²) in [6.07, 6.45) is 3.98. The van der Waals surface area contributed by atoms with Crippen molar-refractivity contribution in [1.82, 2.24) is 10.0 Å². The molecule has 6 heteroatoms. The molecule has 0 saturated heterocycles. The van der Waals surface area contributed by atoms with Crippen molar-refractivity contribution >= 4 is 21.6 Å². The zero-order chi connectivity index (χ0) is 15.5. The van der Waals surface area contributed by atoms with Gasteiger partial charge in [-0.2, -0.15) is 0 Å². The summed E-state index contributed by atoms with van der Waals surface area (Å²) < 4.78 is 27.7. The summed E-state index contributed by atoms with van der Waals surface area (Å²) in [4.78, 5) is 0.180. The number of benzene rings is 1. The molecule has 1 aromatic rings. The fourth-order valence-corrected chi connectivity index (χ4v) is 4.37. The van der Waals surface area contributed by atoms with Gasteiger partial charge in [-0.1, -0.05) is 44.4 Å². The van der Waals surface area contributed by atoms with Crippen LogP contribution in [0.25, 0.3) is 0 Å². The van der Waals surface area contributed by atoms with Crippen molar-refractivity contribution in [1.29, 1.82) is 0 Å². The lowest BCUT2D eigenvalue weighted by molar-refractivity contribution is 0.551. The van der Waals surface area contributed by atoms with Gasteiger partial charge in [-0.15, -0.1) is 0 Å². The lowest BCUT2D eigenvalue weighted by atomic mass is 10.2. The Morgan fingerprint density at radius 3 is 2.57 bits per heavy atom. The summed E-state index contributed by atoms with van der Waals surface area (Å²) in [5.41, 5.74) is 0.917. The molecule has 0 amide bonds. The van der Waals surface area contributed by atoms with E-state index in [1.165, 1.54) is 0 Å². The van der Waals surface area contributed by atoms with Crippen molar-refractivity contribution in [2.45, 2.75) is 63.1 Å². The molecular weight excluding hydrogens is 308 g/mol. The molecule has 118 valence electrons. The second-order valence-corrected chi connectivity index (χ2v) is 7.99. The SMILES string of the molecule is CC(C)NCc1ccc(Cl)c(S(=O)(=O)NC2CCCC2)c1. The molecule has 0 unspecified atom stereocenters. The van der Waals surface area contributed by atoms with Gasteiger partial charge in [0.1, 0.15) is 4.90 Å². The van der Waals surface area contributed by atoms with Crippen LogP contribution in [0, 0.1) is 0 Å². The van der Waals surface area contributed by atoms with Crippen LogP contribution in [-0.4, -0.2) is 20.5 Å². The normalized spacial score (nSPS) is 16.8. The second kappa shape index (κ2) is 7.09. The molecule has 0 heterocycles. The minimum absolute atomic E-state index is 0.0449. The number of rotatable bonds is 6. The van der Waals surface area contributed by atoms with Gasteiger partial charge in [0.15, 0.2) is 0 Å². The van der Waals surface area contributed by atoms with Crippen LogP contribution in [0.2, 0.25) is 5.02 Å². The molecule has 1 aromatic carbocycles. The summed E-state index contributed by atoms with van der Waals surface area (Å²) in [6, 6.07) is 5.56. The Morgan fingerprint density at radius 1 is 1.29 bits per heavy atom. The highest BCUT2D eigenvalue weighted by molar-refractivity contribution is 7.89. The second-order valence-electron chi connectivity index (χ2n) is 5.90. The zero-order valence-corrected chi connectivity index (χ0v) is 14.1. The first-order valence-corrected chi connectivity index (χ1v) is 9.29. The van der Waals surface area contributed by atoms with Crippen molar-refractivity contribution in [2.75, 3.05) is 0 Å². The van der Waals surface area contributed by atoms with Gasteiger partial charge in [-0.05, 0) is 30.5 Å². The predicted octanol–water partition coefficient (Wildman–Crippen LogP) is 3.06. The average molecular weight is 331 g/mol. The number of hydrogen-bond donors (Lipinski definition) is 2. The first-order chi connectivity index (χ1) is 9.88. The summed E-state index contributed by atoms with van der Waals surface area (Å²) in [5, 5.41) is 3.55. The van der Waals surface area contributed by atoms with E-state index in [0.29, 0.717) is 12.6 Å².